The Morgan fingerprint density at radius 3 is 2.63 bits per heavy atom. The summed E-state index contributed by atoms with van der Waals surface area (Å²) in [5.74, 6) is 2.37. The van der Waals surface area contributed by atoms with Gasteiger partial charge in [-0.2, -0.15) is 0 Å². The lowest BCUT2D eigenvalue weighted by molar-refractivity contribution is 0.0931. The van der Waals surface area contributed by atoms with E-state index in [0.717, 1.165) is 16.5 Å². The van der Waals surface area contributed by atoms with E-state index in [1.165, 1.54) is 25.7 Å². The summed E-state index contributed by atoms with van der Waals surface area (Å²) >= 11 is 0. The van der Waals surface area contributed by atoms with E-state index >= 15 is 0 Å². The van der Waals surface area contributed by atoms with E-state index < -0.39 is 0 Å². The van der Waals surface area contributed by atoms with Crippen molar-refractivity contribution in [2.75, 3.05) is 0 Å². The standard InChI is InChI=1S/C17H18O2/c1-10-5-4-6-11-9-14(19-17(10)11)16(18)15-12-7-2-3-8-13(12)15/h4-6,9,12-13,15H,2-3,7-8H2,1H3. The first-order valence-electron chi connectivity index (χ1n) is 7.29. The highest BCUT2D eigenvalue weighted by molar-refractivity contribution is 6.01. The molecule has 4 rings (SSSR count). The third-order valence-corrected chi connectivity index (χ3v) is 4.94. The second kappa shape index (κ2) is 3.96. The molecule has 1 heterocycles. The third-order valence-electron chi connectivity index (χ3n) is 4.94. The van der Waals surface area contributed by atoms with Crippen LogP contribution in [0.1, 0.15) is 41.8 Å². The summed E-state index contributed by atoms with van der Waals surface area (Å²) in [5.41, 5.74) is 1.97. The van der Waals surface area contributed by atoms with E-state index in [9.17, 15) is 4.79 Å². The third kappa shape index (κ3) is 1.66. The van der Waals surface area contributed by atoms with Crippen LogP contribution < -0.4 is 0 Å². The number of aryl methyl sites for hydroxylation is 1. The van der Waals surface area contributed by atoms with Crippen molar-refractivity contribution in [1.29, 1.82) is 0 Å². The number of ketones is 1. The van der Waals surface area contributed by atoms with Gasteiger partial charge in [-0.1, -0.05) is 31.0 Å². The van der Waals surface area contributed by atoms with Crippen molar-refractivity contribution in [3.63, 3.8) is 0 Å². The SMILES string of the molecule is Cc1cccc2cc(C(=O)C3C4CCCCC43)oc12. The fourth-order valence-electron chi connectivity index (χ4n) is 3.88. The highest BCUT2D eigenvalue weighted by Gasteiger charge is 2.55. The molecule has 2 atom stereocenters. The topological polar surface area (TPSA) is 30.2 Å². The van der Waals surface area contributed by atoms with Crippen molar-refractivity contribution in [2.45, 2.75) is 32.6 Å². The van der Waals surface area contributed by atoms with Crippen molar-refractivity contribution < 1.29 is 9.21 Å². The fourth-order valence-corrected chi connectivity index (χ4v) is 3.88. The summed E-state index contributed by atoms with van der Waals surface area (Å²) in [6, 6.07) is 7.98. The predicted molar refractivity (Wildman–Crippen MR) is 74.2 cm³/mol. The molecule has 0 spiro atoms. The van der Waals surface area contributed by atoms with Gasteiger partial charge in [0.25, 0.3) is 0 Å². The van der Waals surface area contributed by atoms with Crippen molar-refractivity contribution >= 4 is 16.8 Å². The maximum atomic E-state index is 12.6. The first-order valence-corrected chi connectivity index (χ1v) is 7.29. The van der Waals surface area contributed by atoms with Crippen LogP contribution in [0.25, 0.3) is 11.0 Å². The molecule has 0 amide bonds. The number of para-hydroxylation sites is 1. The van der Waals surface area contributed by atoms with Crippen LogP contribution in [0, 0.1) is 24.7 Å². The number of hydrogen-bond acceptors (Lipinski definition) is 2. The Morgan fingerprint density at radius 2 is 1.95 bits per heavy atom. The Morgan fingerprint density at radius 1 is 1.21 bits per heavy atom. The van der Waals surface area contributed by atoms with Gasteiger partial charge in [0.05, 0.1) is 0 Å². The minimum Gasteiger partial charge on any atom is -0.453 e. The molecular weight excluding hydrogens is 236 g/mol. The summed E-state index contributed by atoms with van der Waals surface area (Å²) in [6.07, 6.45) is 5.06. The Balaban J connectivity index is 1.67. The molecule has 2 saturated carbocycles. The average molecular weight is 254 g/mol. The van der Waals surface area contributed by atoms with E-state index in [-0.39, 0.29) is 11.7 Å². The summed E-state index contributed by atoms with van der Waals surface area (Å²) in [6.45, 7) is 2.02. The molecule has 0 bridgehead atoms. The summed E-state index contributed by atoms with van der Waals surface area (Å²) < 4.78 is 5.82. The summed E-state index contributed by atoms with van der Waals surface area (Å²) in [5, 5.41) is 1.05. The Hall–Kier alpha value is -1.57. The smallest absolute Gasteiger partial charge is 0.201 e. The van der Waals surface area contributed by atoms with Gasteiger partial charge in [0.2, 0.25) is 5.78 Å². The van der Waals surface area contributed by atoms with Crippen LogP contribution in [0.2, 0.25) is 0 Å². The number of hydrogen-bond donors (Lipinski definition) is 0. The molecule has 2 aliphatic carbocycles. The van der Waals surface area contributed by atoms with E-state index in [4.69, 9.17) is 4.42 Å². The molecule has 0 radical (unpaired) electrons. The van der Waals surface area contributed by atoms with E-state index in [1.807, 2.05) is 31.2 Å². The number of carbonyl (C=O) groups excluding carboxylic acids is 1. The van der Waals surface area contributed by atoms with E-state index in [1.54, 1.807) is 0 Å². The molecule has 1 aromatic carbocycles. The van der Waals surface area contributed by atoms with Crippen molar-refractivity contribution in [1.82, 2.24) is 0 Å². The lowest BCUT2D eigenvalue weighted by Crippen LogP contribution is -2.02. The first kappa shape index (κ1) is 11.3. The van der Waals surface area contributed by atoms with Gasteiger partial charge >= 0.3 is 0 Å². The van der Waals surface area contributed by atoms with Crippen LogP contribution in [-0.4, -0.2) is 5.78 Å². The van der Waals surface area contributed by atoms with Crippen molar-refractivity contribution in [3.8, 4) is 0 Å². The van der Waals surface area contributed by atoms with Crippen molar-refractivity contribution in [3.05, 3.63) is 35.6 Å². The quantitative estimate of drug-likeness (QED) is 0.745. The normalized spacial score (nSPS) is 29.2. The fraction of sp³-hybridized carbons (Fsp3) is 0.471. The molecule has 2 fully saturated rings. The molecular formula is C17H18O2. The molecule has 98 valence electrons. The number of rotatable bonds is 2. The van der Waals surface area contributed by atoms with Crippen LogP contribution in [0.15, 0.2) is 28.7 Å². The highest BCUT2D eigenvalue weighted by atomic mass is 16.3. The number of benzene rings is 1. The highest BCUT2D eigenvalue weighted by Crippen LogP contribution is 2.56. The largest absolute Gasteiger partial charge is 0.453 e. The molecule has 0 N–H and O–H groups in total. The molecule has 2 aliphatic rings. The van der Waals surface area contributed by atoms with Gasteiger partial charge in [-0.15, -0.1) is 0 Å². The second-order valence-corrected chi connectivity index (χ2v) is 6.11. The minimum absolute atomic E-state index is 0.243. The maximum absolute atomic E-state index is 12.6. The van der Waals surface area contributed by atoms with Gasteiger partial charge in [-0.25, -0.2) is 0 Å². The zero-order valence-corrected chi connectivity index (χ0v) is 11.2. The van der Waals surface area contributed by atoms with Gasteiger partial charge in [0, 0.05) is 11.3 Å². The van der Waals surface area contributed by atoms with E-state index in [0.29, 0.717) is 17.6 Å². The van der Waals surface area contributed by atoms with Gasteiger partial charge in [0.1, 0.15) is 5.58 Å². The molecule has 0 saturated heterocycles. The Kier molecular flexibility index (Phi) is 2.35. The Bertz CT molecular complexity index is 640. The summed E-state index contributed by atoms with van der Waals surface area (Å²) in [4.78, 5) is 12.6. The van der Waals surface area contributed by atoms with Crippen LogP contribution in [0.4, 0.5) is 0 Å². The number of Topliss-reactive ketones (excluding diaryl/α,β-unsaturated/α-hetero) is 1. The summed E-state index contributed by atoms with van der Waals surface area (Å²) in [7, 11) is 0. The van der Waals surface area contributed by atoms with Gasteiger partial charge in [0.15, 0.2) is 5.76 Å². The number of carbonyl (C=O) groups is 1. The van der Waals surface area contributed by atoms with Crippen LogP contribution in [-0.2, 0) is 0 Å². The average Bonchev–Trinajstić information content (AvgIpc) is 2.98. The zero-order valence-electron chi connectivity index (χ0n) is 11.2. The maximum Gasteiger partial charge on any atom is 0.201 e. The minimum atomic E-state index is 0.243. The van der Waals surface area contributed by atoms with E-state index in [2.05, 4.69) is 0 Å². The molecule has 19 heavy (non-hydrogen) atoms. The molecule has 2 aromatic rings. The lowest BCUT2D eigenvalue weighted by Gasteiger charge is -2.04. The number of fused-ring (bicyclic) bond motifs is 2. The second-order valence-electron chi connectivity index (χ2n) is 6.11. The molecule has 1 aromatic heterocycles. The molecule has 2 unspecified atom stereocenters. The monoisotopic (exact) mass is 254 g/mol. The molecule has 2 nitrogen and oxygen atoms in total. The molecule has 0 aliphatic heterocycles. The van der Waals surface area contributed by atoms with Crippen LogP contribution >= 0.6 is 0 Å². The van der Waals surface area contributed by atoms with Crippen LogP contribution in [0.5, 0.6) is 0 Å². The van der Waals surface area contributed by atoms with Crippen molar-refractivity contribution in [2.24, 2.45) is 17.8 Å². The number of furan rings is 1. The Labute approximate surface area is 112 Å². The molecule has 2 heteroatoms. The predicted octanol–water partition coefficient (Wildman–Crippen LogP) is 4.36. The van der Waals surface area contributed by atoms with Gasteiger partial charge in [-0.3, -0.25) is 4.79 Å². The van der Waals surface area contributed by atoms with Gasteiger partial charge < -0.3 is 4.42 Å². The zero-order chi connectivity index (χ0) is 13.0. The van der Waals surface area contributed by atoms with Crippen LogP contribution in [0.3, 0.4) is 0 Å². The lowest BCUT2D eigenvalue weighted by atomic mass is 10.0. The first-order chi connectivity index (χ1) is 9.25. The van der Waals surface area contributed by atoms with Gasteiger partial charge in [-0.05, 0) is 43.2 Å².